The van der Waals surface area contributed by atoms with Crippen molar-refractivity contribution in [2.45, 2.75) is 119 Å². The minimum absolute atomic E-state index is 0.0403. The third-order valence-corrected chi connectivity index (χ3v) is 16.2. The number of rotatable bonds is 23. The summed E-state index contributed by atoms with van der Waals surface area (Å²) in [5.41, 5.74) is 0.340. The van der Waals surface area contributed by atoms with Crippen LogP contribution in [0.1, 0.15) is 59.6 Å². The lowest BCUT2D eigenvalue weighted by Crippen LogP contribution is -2.74. The van der Waals surface area contributed by atoms with E-state index in [-0.39, 0.29) is 11.3 Å². The van der Waals surface area contributed by atoms with E-state index >= 15 is 8.78 Å². The van der Waals surface area contributed by atoms with Crippen LogP contribution in [0.15, 0.2) is 60.2 Å². The predicted molar refractivity (Wildman–Crippen MR) is 203 cm³/mol. The maximum Gasteiger partial charge on any atom is 0.460 e. The number of hydrogen-bond acceptors (Lipinski definition) is 7. The minimum Gasteiger partial charge on any atom is -0.497 e. The quantitative estimate of drug-likeness (QED) is 0.0254. The summed E-state index contributed by atoms with van der Waals surface area (Å²) in [6, 6.07) is 10.4. The zero-order chi connectivity index (χ0) is 51.3. The molecule has 0 aromatic heterocycles. The van der Waals surface area contributed by atoms with Crippen LogP contribution in [0.4, 0.5) is 85.1 Å². The van der Waals surface area contributed by atoms with Crippen molar-refractivity contribution < 1.29 is 108 Å². The SMILES string of the molecule is COc1ccc(NC(=O)O[C@@H](c2ccc(OCCO[Si](CCC(F)(F)C(F)(F)C(F)(F)C(F)(F)C(F)(F)C(F)(F)C(F)(F)C(F)(F)F)(C(C)C)C(C)C)cc2)[C@@H](C)/C=C(\C)C(=O)NO)cc1. The van der Waals surface area contributed by atoms with E-state index in [1.54, 1.807) is 19.1 Å². The number of anilines is 1. The Morgan fingerprint density at radius 2 is 1.12 bits per heavy atom. The maximum atomic E-state index is 15.0. The van der Waals surface area contributed by atoms with Crippen LogP contribution >= 0.6 is 0 Å². The van der Waals surface area contributed by atoms with Crippen LogP contribution in [-0.2, 0) is 14.0 Å². The van der Waals surface area contributed by atoms with Crippen molar-refractivity contribution in [1.82, 2.24) is 5.48 Å². The number of carbonyl (C=O) groups is 2. The van der Waals surface area contributed by atoms with Crippen LogP contribution < -0.4 is 20.3 Å². The van der Waals surface area contributed by atoms with Gasteiger partial charge in [0.2, 0.25) is 0 Å². The number of carbonyl (C=O) groups excluding carboxylic acids is 2. The van der Waals surface area contributed by atoms with Gasteiger partial charge in [-0.3, -0.25) is 15.3 Å². The Bertz CT molecular complexity index is 1960. The molecule has 0 unspecified atom stereocenters. The first kappa shape index (κ1) is 57.6. The number of hydrogen-bond donors (Lipinski definition) is 3. The van der Waals surface area contributed by atoms with Crippen LogP contribution in [-0.4, -0.2) is 93.5 Å². The summed E-state index contributed by atoms with van der Waals surface area (Å²) in [7, 11) is -2.60. The number of methoxy groups -OCH3 is 1. The van der Waals surface area contributed by atoms with Gasteiger partial charge in [-0.25, -0.2) is 10.3 Å². The van der Waals surface area contributed by atoms with E-state index in [1.165, 1.54) is 89.7 Å². The minimum atomic E-state index is -8.71. The summed E-state index contributed by atoms with van der Waals surface area (Å²) in [5, 5.41) is 11.5. The summed E-state index contributed by atoms with van der Waals surface area (Å²) in [5.74, 6) is -57.9. The van der Waals surface area contributed by atoms with E-state index in [4.69, 9.17) is 23.8 Å². The van der Waals surface area contributed by atoms with Gasteiger partial charge in [-0.1, -0.05) is 52.8 Å². The number of amides is 2. The average molecular weight is 1000 g/mol. The highest BCUT2D eigenvalue weighted by atomic mass is 28.4. The first-order chi connectivity index (χ1) is 29.9. The molecule has 0 bridgehead atoms. The molecule has 2 aromatic rings. The lowest BCUT2D eigenvalue weighted by molar-refractivity contribution is -0.461. The van der Waals surface area contributed by atoms with Gasteiger partial charge in [-0.2, -0.15) is 74.6 Å². The van der Waals surface area contributed by atoms with E-state index in [1.807, 2.05) is 0 Å². The van der Waals surface area contributed by atoms with Crippen molar-refractivity contribution in [3.8, 4) is 11.5 Å². The fourth-order valence-electron chi connectivity index (χ4n) is 6.56. The fraction of sp³-hybridized carbons (Fsp3) is 0.590. The highest BCUT2D eigenvalue weighted by Crippen LogP contribution is 2.64. The van der Waals surface area contributed by atoms with E-state index in [9.17, 15) is 75.4 Å². The van der Waals surface area contributed by atoms with Crippen molar-refractivity contribution in [1.29, 1.82) is 0 Å². The molecule has 2 amide bonds. The van der Waals surface area contributed by atoms with E-state index in [2.05, 4.69) is 5.32 Å². The molecule has 0 saturated heterocycles. The van der Waals surface area contributed by atoms with E-state index in [0.717, 1.165) is 0 Å². The molecule has 0 aliphatic heterocycles. The van der Waals surface area contributed by atoms with Crippen molar-refractivity contribution in [2.75, 3.05) is 25.6 Å². The van der Waals surface area contributed by atoms with Gasteiger partial charge in [0, 0.05) is 23.6 Å². The standard InChI is InChI=1S/C39H45F17N2O7Si/c1-21(2)66(22(3)4,19-16-32(40,41)33(42,43)34(44,45)35(46,47)36(48,49)37(50,51)38(52,53)39(54,55)56)64-18-17-63-28-12-8-25(9-13-28)29(23(5)20-24(6)30(59)58-61)65-31(60)57-26-10-14-27(62-7)15-11-26/h8-15,20-23,29,61H,16-19H2,1-7H3,(H,57,60)(H,58,59)/b24-20+/t23-,29+/m0/s1. The van der Waals surface area contributed by atoms with Gasteiger partial charge in [0.15, 0.2) is 8.32 Å². The summed E-state index contributed by atoms with van der Waals surface area (Å²) in [6.45, 7) is 7.15. The zero-order valence-corrected chi connectivity index (χ0v) is 36.7. The van der Waals surface area contributed by atoms with Crippen LogP contribution in [0.2, 0.25) is 17.1 Å². The molecule has 0 aliphatic rings. The van der Waals surface area contributed by atoms with Crippen molar-refractivity contribution in [3.63, 3.8) is 0 Å². The summed E-state index contributed by atoms with van der Waals surface area (Å²) in [4.78, 5) is 24.9. The second kappa shape index (κ2) is 20.8. The van der Waals surface area contributed by atoms with Gasteiger partial charge < -0.3 is 18.6 Å². The molecule has 376 valence electrons. The molecule has 0 aliphatic carbocycles. The molecule has 0 saturated carbocycles. The van der Waals surface area contributed by atoms with Gasteiger partial charge in [0.05, 0.1) is 13.7 Å². The Morgan fingerprint density at radius 1 is 0.667 bits per heavy atom. The molecule has 2 aromatic carbocycles. The summed E-state index contributed by atoms with van der Waals surface area (Å²) >= 11 is 0. The molecule has 66 heavy (non-hydrogen) atoms. The molecule has 2 rings (SSSR count). The molecule has 2 atom stereocenters. The predicted octanol–water partition coefficient (Wildman–Crippen LogP) is 12.6. The molecule has 0 radical (unpaired) electrons. The third kappa shape index (κ3) is 11.4. The first-order valence-electron chi connectivity index (χ1n) is 19.2. The summed E-state index contributed by atoms with van der Waals surface area (Å²) < 4.78 is 258. The van der Waals surface area contributed by atoms with Crippen LogP contribution in [0.3, 0.4) is 0 Å². The largest absolute Gasteiger partial charge is 0.497 e. The molecule has 0 spiro atoms. The molecule has 0 heterocycles. The topological polar surface area (TPSA) is 115 Å². The molecule has 27 heteroatoms. The second-order valence-electron chi connectivity index (χ2n) is 15.5. The van der Waals surface area contributed by atoms with Gasteiger partial charge >= 0.3 is 53.7 Å². The Labute approximate surface area is 367 Å². The lowest BCUT2D eigenvalue weighted by atomic mass is 9.88. The second-order valence-corrected chi connectivity index (χ2v) is 20.5. The zero-order valence-electron chi connectivity index (χ0n) is 35.7. The molecule has 0 fully saturated rings. The highest BCUT2D eigenvalue weighted by Gasteiger charge is 2.95. The molecule has 3 N–H and O–H groups in total. The summed E-state index contributed by atoms with van der Waals surface area (Å²) in [6.07, 6.45) is -11.1. The number of hydroxylamine groups is 1. The number of alkyl halides is 17. The smallest absolute Gasteiger partial charge is 0.460 e. The number of nitrogens with one attached hydrogen (secondary N) is 2. The normalized spacial score (nSPS) is 15.1. The Hall–Kier alpha value is -4.53. The van der Waals surface area contributed by atoms with Gasteiger partial charge in [-0.15, -0.1) is 0 Å². The average Bonchev–Trinajstić information content (AvgIpc) is 3.21. The van der Waals surface area contributed by atoms with Crippen molar-refractivity contribution in [2.24, 2.45) is 5.92 Å². The lowest BCUT2D eigenvalue weighted by Gasteiger charge is -2.44. The maximum absolute atomic E-state index is 15.0. The number of halogens is 17. The highest BCUT2D eigenvalue weighted by molar-refractivity contribution is 6.76. The number of benzene rings is 2. The Morgan fingerprint density at radius 3 is 1.56 bits per heavy atom. The van der Waals surface area contributed by atoms with E-state index < -0.39 is 117 Å². The van der Waals surface area contributed by atoms with Crippen molar-refractivity contribution >= 4 is 26.0 Å². The van der Waals surface area contributed by atoms with Crippen LogP contribution in [0.25, 0.3) is 0 Å². The Balaban J connectivity index is 2.32. The van der Waals surface area contributed by atoms with E-state index in [0.29, 0.717) is 17.0 Å². The Kier molecular flexibility index (Phi) is 18.1. The van der Waals surface area contributed by atoms with Gasteiger partial charge in [-0.05, 0) is 66.0 Å². The van der Waals surface area contributed by atoms with Crippen LogP contribution in [0, 0.1) is 5.92 Å². The fourth-order valence-corrected chi connectivity index (χ4v) is 11.0. The van der Waals surface area contributed by atoms with Gasteiger partial charge in [0.25, 0.3) is 5.91 Å². The van der Waals surface area contributed by atoms with Crippen molar-refractivity contribution in [3.05, 3.63) is 65.7 Å². The molecular weight excluding hydrogens is 959 g/mol. The molecule has 9 nitrogen and oxygen atoms in total. The number of ether oxygens (including phenoxy) is 3. The van der Waals surface area contributed by atoms with Gasteiger partial charge in [0.1, 0.15) is 24.2 Å². The monoisotopic (exact) mass is 1000 g/mol. The van der Waals surface area contributed by atoms with Crippen LogP contribution in [0.5, 0.6) is 11.5 Å². The third-order valence-electron chi connectivity index (χ3n) is 10.5. The molecular formula is C39H45F17N2O7Si. The first-order valence-corrected chi connectivity index (χ1v) is 21.5.